The second-order valence-corrected chi connectivity index (χ2v) is 7.41. The van der Waals surface area contributed by atoms with Gasteiger partial charge in [-0.2, -0.15) is 0 Å². The van der Waals surface area contributed by atoms with Crippen molar-refractivity contribution in [2.45, 2.75) is 31.8 Å². The average Bonchev–Trinajstić information content (AvgIpc) is 3.01. The van der Waals surface area contributed by atoms with E-state index in [4.69, 9.17) is 17.3 Å². The number of benzene rings is 2. The van der Waals surface area contributed by atoms with E-state index in [1.54, 1.807) is 12.1 Å². The molecule has 1 aliphatic rings. The molecule has 2 atom stereocenters. The van der Waals surface area contributed by atoms with Crippen LogP contribution in [-0.2, 0) is 27.3 Å². The number of carbonyl (C=O) groups excluding carboxylic acids is 3. The molecule has 1 fully saturated rings. The number of halogens is 1. The Bertz CT molecular complexity index is 869. The third kappa shape index (κ3) is 4.10. The molecule has 1 aliphatic heterocycles. The van der Waals surface area contributed by atoms with E-state index in [2.05, 4.69) is 0 Å². The van der Waals surface area contributed by atoms with Crippen LogP contribution in [0.15, 0.2) is 54.6 Å². The predicted molar refractivity (Wildman–Crippen MR) is 103 cm³/mol. The van der Waals surface area contributed by atoms with E-state index in [9.17, 15) is 14.4 Å². The van der Waals surface area contributed by atoms with Gasteiger partial charge < -0.3 is 5.73 Å². The monoisotopic (exact) mass is 385 g/mol. The Morgan fingerprint density at radius 3 is 2.37 bits per heavy atom. The maximum atomic E-state index is 13.0. The van der Waals surface area contributed by atoms with E-state index in [0.717, 1.165) is 11.1 Å². The molecular weight excluding hydrogens is 364 g/mol. The van der Waals surface area contributed by atoms with Gasteiger partial charge in [-0.25, -0.2) is 9.28 Å². The van der Waals surface area contributed by atoms with Crippen molar-refractivity contribution < 1.29 is 18.9 Å². The van der Waals surface area contributed by atoms with E-state index in [0.29, 0.717) is 31.0 Å². The number of nitrogens with zero attached hydrogens (tertiary/aromatic N) is 1. The van der Waals surface area contributed by atoms with Gasteiger partial charge in [0.2, 0.25) is 0 Å². The molecule has 0 aromatic heterocycles. The number of rotatable bonds is 7. The molecule has 1 unspecified atom stereocenters. The summed E-state index contributed by atoms with van der Waals surface area (Å²) in [6.45, 7) is 0.817. The normalized spacial score (nSPS) is 20.4. The van der Waals surface area contributed by atoms with Crippen LogP contribution in [0, 0.1) is 0 Å². The number of carbonyl (C=O) groups is 3. The number of ketones is 1. The minimum absolute atomic E-state index is 0.0366. The molecule has 2 amide bonds. The second-order valence-electron chi connectivity index (χ2n) is 6.98. The van der Waals surface area contributed by atoms with Crippen molar-refractivity contribution in [2.75, 3.05) is 6.54 Å². The molecule has 5 nitrogen and oxygen atoms in total. The number of hydrogen-bond acceptors (Lipinski definition) is 3. The highest BCUT2D eigenvalue weighted by atomic mass is 35.5. The van der Waals surface area contributed by atoms with Crippen molar-refractivity contribution in [1.29, 1.82) is 0 Å². The van der Waals surface area contributed by atoms with Crippen molar-refractivity contribution in [3.63, 3.8) is 0 Å². The molecule has 6 heteroatoms. The fourth-order valence-electron chi connectivity index (χ4n) is 3.92. The standard InChI is InChI=1S/C21H21ClN2O3/c22-17-9-4-8-16(12-17)14-24(11-5-10-19(24)25)18(20(26)21(23)27)13-15-6-2-1-3-7-15/h1-4,6-9,12,18H,5,10-11,13-14H2,(H-,23,27)/p+1/t18-,24?/m0/s1. The number of likely N-dealkylation sites (tertiary alicyclic amines) is 1. The predicted octanol–water partition coefficient (Wildman–Crippen LogP) is 2.64. The fraction of sp³-hybridized carbons (Fsp3) is 0.286. The van der Waals surface area contributed by atoms with Crippen LogP contribution in [0.4, 0.5) is 0 Å². The first-order valence-corrected chi connectivity index (χ1v) is 9.32. The smallest absolute Gasteiger partial charge is 0.314 e. The topological polar surface area (TPSA) is 77.2 Å². The van der Waals surface area contributed by atoms with Gasteiger partial charge in [0.1, 0.15) is 6.54 Å². The maximum absolute atomic E-state index is 13.0. The quantitative estimate of drug-likeness (QED) is 0.588. The van der Waals surface area contributed by atoms with Gasteiger partial charge in [0, 0.05) is 23.4 Å². The Labute approximate surface area is 163 Å². The first-order valence-electron chi connectivity index (χ1n) is 8.94. The van der Waals surface area contributed by atoms with Crippen molar-refractivity contribution >= 4 is 29.2 Å². The zero-order valence-electron chi connectivity index (χ0n) is 14.9. The zero-order chi connectivity index (χ0) is 19.4. The Morgan fingerprint density at radius 1 is 1.07 bits per heavy atom. The molecule has 1 saturated heterocycles. The number of amides is 2. The first-order chi connectivity index (χ1) is 12.9. The second kappa shape index (κ2) is 8.03. The summed E-state index contributed by atoms with van der Waals surface area (Å²) in [6, 6.07) is 15.8. The Balaban J connectivity index is 2.04. The third-order valence-electron chi connectivity index (χ3n) is 5.21. The maximum Gasteiger partial charge on any atom is 0.314 e. The zero-order valence-corrected chi connectivity index (χ0v) is 15.7. The van der Waals surface area contributed by atoms with Gasteiger partial charge >= 0.3 is 5.91 Å². The highest BCUT2D eigenvalue weighted by Gasteiger charge is 2.51. The van der Waals surface area contributed by atoms with E-state index >= 15 is 0 Å². The van der Waals surface area contributed by atoms with Crippen LogP contribution in [0.5, 0.6) is 0 Å². The van der Waals surface area contributed by atoms with Gasteiger partial charge in [0.05, 0.1) is 13.0 Å². The lowest BCUT2D eigenvalue weighted by Gasteiger charge is -2.38. The molecule has 2 aromatic carbocycles. The van der Waals surface area contributed by atoms with Crippen molar-refractivity contribution in [1.82, 2.24) is 0 Å². The van der Waals surface area contributed by atoms with Crippen molar-refractivity contribution in [3.05, 3.63) is 70.7 Å². The van der Waals surface area contributed by atoms with E-state index in [1.807, 2.05) is 42.5 Å². The summed E-state index contributed by atoms with van der Waals surface area (Å²) in [5, 5.41) is 0.568. The Hall–Kier alpha value is -2.50. The summed E-state index contributed by atoms with van der Waals surface area (Å²) in [7, 11) is 0. The van der Waals surface area contributed by atoms with Crippen molar-refractivity contribution in [2.24, 2.45) is 5.73 Å². The lowest BCUT2D eigenvalue weighted by atomic mass is 9.97. The minimum atomic E-state index is -1.00. The molecule has 3 rings (SSSR count). The summed E-state index contributed by atoms with van der Waals surface area (Å²) < 4.78 is -0.0863. The lowest BCUT2D eigenvalue weighted by Crippen LogP contribution is -2.61. The minimum Gasteiger partial charge on any atom is -0.363 e. The van der Waals surface area contributed by atoms with Gasteiger partial charge in [-0.1, -0.05) is 54.1 Å². The van der Waals surface area contributed by atoms with Crippen LogP contribution in [0.1, 0.15) is 24.0 Å². The Morgan fingerprint density at radius 2 is 1.78 bits per heavy atom. The van der Waals surface area contributed by atoms with E-state index < -0.39 is 17.7 Å². The first kappa shape index (κ1) is 19.3. The number of quaternary nitrogens is 1. The lowest BCUT2D eigenvalue weighted by molar-refractivity contribution is -0.875. The van der Waals surface area contributed by atoms with E-state index in [1.165, 1.54) is 0 Å². The molecule has 1 heterocycles. The van der Waals surface area contributed by atoms with Crippen LogP contribution in [0.3, 0.4) is 0 Å². The molecule has 0 radical (unpaired) electrons. The molecule has 2 N–H and O–H groups in total. The van der Waals surface area contributed by atoms with E-state index in [-0.39, 0.29) is 16.8 Å². The molecular formula is C21H22ClN2O3+. The molecule has 0 spiro atoms. The molecule has 0 bridgehead atoms. The summed E-state index contributed by atoms with van der Waals surface area (Å²) >= 11 is 6.10. The molecule has 0 saturated carbocycles. The molecule has 140 valence electrons. The van der Waals surface area contributed by atoms with Gasteiger partial charge in [-0.05, 0) is 17.7 Å². The summed E-state index contributed by atoms with van der Waals surface area (Å²) in [5.41, 5.74) is 7.09. The largest absolute Gasteiger partial charge is 0.363 e. The summed E-state index contributed by atoms with van der Waals surface area (Å²) in [6.07, 6.45) is 1.35. The SMILES string of the molecule is NC(=O)C(=O)[C@H](Cc1ccccc1)[N+]1(Cc2cccc(Cl)c2)CCCC1=O. The molecule has 2 aromatic rings. The van der Waals surface area contributed by atoms with Crippen molar-refractivity contribution in [3.8, 4) is 0 Å². The number of hydrogen-bond donors (Lipinski definition) is 1. The molecule has 27 heavy (non-hydrogen) atoms. The number of nitrogens with two attached hydrogens (primary N) is 1. The van der Waals surface area contributed by atoms with Crippen LogP contribution < -0.4 is 5.73 Å². The fourth-order valence-corrected chi connectivity index (χ4v) is 4.13. The number of primary amides is 1. The highest BCUT2D eigenvalue weighted by Crippen LogP contribution is 2.31. The van der Waals surface area contributed by atoms with Gasteiger partial charge in [0.15, 0.2) is 6.04 Å². The summed E-state index contributed by atoms with van der Waals surface area (Å²) in [4.78, 5) is 37.5. The highest BCUT2D eigenvalue weighted by molar-refractivity contribution is 6.37. The summed E-state index contributed by atoms with van der Waals surface area (Å²) in [5.74, 6) is -1.74. The third-order valence-corrected chi connectivity index (χ3v) is 5.45. The van der Waals surface area contributed by atoms with Gasteiger partial charge in [-0.3, -0.25) is 9.59 Å². The van der Waals surface area contributed by atoms with Crippen LogP contribution in [0.2, 0.25) is 5.02 Å². The molecule has 0 aliphatic carbocycles. The Kier molecular flexibility index (Phi) is 5.73. The van der Waals surface area contributed by atoms with Gasteiger partial charge in [0.25, 0.3) is 11.7 Å². The van der Waals surface area contributed by atoms with Gasteiger partial charge in [-0.15, -0.1) is 0 Å². The van der Waals surface area contributed by atoms with Crippen LogP contribution >= 0.6 is 11.6 Å². The average molecular weight is 386 g/mol. The van der Waals surface area contributed by atoms with Crippen LogP contribution in [-0.4, -0.2) is 34.7 Å². The number of Topliss-reactive ketones (excluding diaryl/α,β-unsaturated/α-hetero) is 1. The van der Waals surface area contributed by atoms with Crippen LogP contribution in [0.25, 0.3) is 0 Å².